The van der Waals surface area contributed by atoms with Crippen LogP contribution >= 0.6 is 27.7 Å². The minimum atomic E-state index is -0.971. The number of halogens is 1. The molecule has 1 aliphatic rings. The van der Waals surface area contributed by atoms with Crippen molar-refractivity contribution in [2.75, 3.05) is 11.9 Å². The highest BCUT2D eigenvalue weighted by atomic mass is 79.9. The summed E-state index contributed by atoms with van der Waals surface area (Å²) in [5.41, 5.74) is 3.76. The van der Waals surface area contributed by atoms with Crippen molar-refractivity contribution < 1.29 is 24.2 Å². The summed E-state index contributed by atoms with van der Waals surface area (Å²) in [7, 11) is 0. The Hall–Kier alpha value is -3.43. The summed E-state index contributed by atoms with van der Waals surface area (Å²) in [6.45, 7) is 4.69. The van der Waals surface area contributed by atoms with Crippen molar-refractivity contribution in [2.45, 2.75) is 32.4 Å². The van der Waals surface area contributed by atoms with Crippen LogP contribution in [0.1, 0.15) is 40.9 Å². The van der Waals surface area contributed by atoms with Crippen LogP contribution in [0.5, 0.6) is 11.5 Å². The summed E-state index contributed by atoms with van der Waals surface area (Å²) in [5.74, 6) is -0.0326. The number of nitrogens with one attached hydrogen (secondary N) is 2. The summed E-state index contributed by atoms with van der Waals surface area (Å²) in [6, 6.07) is 18.3. The van der Waals surface area contributed by atoms with Gasteiger partial charge < -0.3 is 25.2 Å². The van der Waals surface area contributed by atoms with Gasteiger partial charge in [-0.1, -0.05) is 58.9 Å². The zero-order valence-corrected chi connectivity index (χ0v) is 22.8. The Morgan fingerprint density at radius 2 is 1.73 bits per heavy atom. The lowest BCUT2D eigenvalue weighted by molar-refractivity contribution is -0.116. The molecule has 0 spiro atoms. The first kappa shape index (κ1) is 26.6. The summed E-state index contributed by atoms with van der Waals surface area (Å²) in [6.07, 6.45) is 2.80. The number of benzene rings is 3. The van der Waals surface area contributed by atoms with Crippen molar-refractivity contribution in [3.8, 4) is 11.5 Å². The average molecular weight is 584 g/mol. The molecule has 0 radical (unpaired) electrons. The second-order valence-corrected chi connectivity index (χ2v) is 10.2. The monoisotopic (exact) mass is 582 g/mol. The molecular weight excluding hydrogens is 556 g/mol. The van der Waals surface area contributed by atoms with Gasteiger partial charge in [0.1, 0.15) is 6.61 Å². The van der Waals surface area contributed by atoms with Crippen LogP contribution in [0.3, 0.4) is 0 Å². The maximum Gasteiger partial charge on any atom is 0.335 e. The lowest BCUT2D eigenvalue weighted by Gasteiger charge is -2.14. The molecule has 0 aliphatic carbocycles. The first-order valence-corrected chi connectivity index (χ1v) is 13.5. The van der Waals surface area contributed by atoms with E-state index in [0.717, 1.165) is 27.7 Å². The van der Waals surface area contributed by atoms with Crippen molar-refractivity contribution in [2.24, 2.45) is 0 Å². The van der Waals surface area contributed by atoms with Gasteiger partial charge in [0.2, 0.25) is 0 Å². The Balaban J connectivity index is 1.47. The van der Waals surface area contributed by atoms with E-state index in [1.54, 1.807) is 24.3 Å². The predicted molar refractivity (Wildman–Crippen MR) is 150 cm³/mol. The first-order valence-electron chi connectivity index (χ1n) is 11.8. The molecule has 1 aliphatic heterocycles. The highest BCUT2D eigenvalue weighted by Gasteiger charge is 2.27. The summed E-state index contributed by atoms with van der Waals surface area (Å²) in [5, 5.41) is 15.4. The third kappa shape index (κ3) is 6.87. The van der Waals surface area contributed by atoms with Gasteiger partial charge in [-0.05, 0) is 72.5 Å². The zero-order valence-electron chi connectivity index (χ0n) is 20.4. The summed E-state index contributed by atoms with van der Waals surface area (Å²) >= 11 is 5.01. The van der Waals surface area contributed by atoms with Crippen molar-refractivity contribution >= 4 is 51.3 Å². The standard InChI is InChI=1S/C28H27BrN2O5S/c1-3-17-7-11-21(12-8-17)30-28-31-26(32)25(37-28)14-20-13-23(35-4-2)24(15-22(20)29)36-16-18-5-9-19(10-6-18)27(33)34/h5-15,28,30H,3-4,16H2,1-2H3,(H,31,32)(H,33,34)/b25-14-/t28-/m0/s1. The molecule has 9 heteroatoms. The number of aryl methyl sites for hydroxylation is 1. The van der Waals surface area contributed by atoms with E-state index in [2.05, 4.69) is 45.6 Å². The van der Waals surface area contributed by atoms with E-state index in [-0.39, 0.29) is 23.6 Å². The minimum Gasteiger partial charge on any atom is -0.490 e. The van der Waals surface area contributed by atoms with Gasteiger partial charge in [-0.2, -0.15) is 0 Å². The second-order valence-electron chi connectivity index (χ2n) is 8.22. The van der Waals surface area contributed by atoms with E-state index >= 15 is 0 Å². The van der Waals surface area contributed by atoms with Gasteiger partial charge in [-0.15, -0.1) is 0 Å². The lowest BCUT2D eigenvalue weighted by Crippen LogP contribution is -2.30. The number of amides is 1. The van der Waals surface area contributed by atoms with Crippen LogP contribution in [0.15, 0.2) is 70.0 Å². The third-order valence-electron chi connectivity index (χ3n) is 5.64. The topological polar surface area (TPSA) is 96.9 Å². The Bertz CT molecular complexity index is 1310. The summed E-state index contributed by atoms with van der Waals surface area (Å²) in [4.78, 5) is 24.3. The highest BCUT2D eigenvalue weighted by molar-refractivity contribution is 9.10. The molecule has 0 saturated carbocycles. The Morgan fingerprint density at radius 1 is 1.05 bits per heavy atom. The summed E-state index contributed by atoms with van der Waals surface area (Å²) < 4.78 is 12.5. The van der Waals surface area contributed by atoms with Crippen LogP contribution in [0.4, 0.5) is 5.69 Å². The molecule has 3 aromatic rings. The highest BCUT2D eigenvalue weighted by Crippen LogP contribution is 2.38. The van der Waals surface area contributed by atoms with E-state index in [1.807, 2.05) is 37.3 Å². The molecule has 1 amide bonds. The molecule has 1 atom stereocenters. The Labute approximate surface area is 228 Å². The number of carboxylic acid groups (broad SMARTS) is 1. The molecular formula is C28H27BrN2O5S. The molecule has 37 heavy (non-hydrogen) atoms. The molecule has 0 aromatic heterocycles. The number of anilines is 1. The minimum absolute atomic E-state index is 0.150. The maximum atomic E-state index is 12.6. The molecule has 7 nitrogen and oxygen atoms in total. The van der Waals surface area contributed by atoms with Crippen LogP contribution in [0.2, 0.25) is 0 Å². The van der Waals surface area contributed by atoms with Crippen molar-refractivity contribution in [1.82, 2.24) is 5.32 Å². The van der Waals surface area contributed by atoms with Crippen molar-refractivity contribution in [1.29, 1.82) is 0 Å². The lowest BCUT2D eigenvalue weighted by atomic mass is 10.1. The van der Waals surface area contributed by atoms with Gasteiger partial charge in [0.05, 0.1) is 17.1 Å². The molecule has 1 heterocycles. The normalized spacial score (nSPS) is 15.9. The number of ether oxygens (including phenoxy) is 2. The zero-order chi connectivity index (χ0) is 26.4. The van der Waals surface area contributed by atoms with E-state index in [1.165, 1.54) is 17.3 Å². The van der Waals surface area contributed by atoms with E-state index in [9.17, 15) is 9.59 Å². The molecule has 1 saturated heterocycles. The fourth-order valence-corrected chi connectivity index (χ4v) is 5.05. The smallest absolute Gasteiger partial charge is 0.335 e. The molecule has 3 N–H and O–H groups in total. The fourth-order valence-electron chi connectivity index (χ4n) is 3.64. The van der Waals surface area contributed by atoms with Gasteiger partial charge in [-0.3, -0.25) is 4.79 Å². The van der Waals surface area contributed by atoms with Crippen LogP contribution in [0.25, 0.3) is 6.08 Å². The maximum absolute atomic E-state index is 12.6. The average Bonchev–Trinajstić information content (AvgIpc) is 3.23. The van der Waals surface area contributed by atoms with Gasteiger partial charge >= 0.3 is 5.97 Å². The van der Waals surface area contributed by atoms with E-state index in [0.29, 0.717) is 23.0 Å². The SMILES string of the molecule is CCOc1cc(/C=C2\S[C@@H](Nc3ccc(CC)cc3)NC2=O)c(Br)cc1OCc1ccc(C(=O)O)cc1. The van der Waals surface area contributed by atoms with Crippen LogP contribution in [0, 0.1) is 0 Å². The number of hydrogen-bond donors (Lipinski definition) is 3. The van der Waals surface area contributed by atoms with Gasteiger partial charge in [0.15, 0.2) is 17.0 Å². The van der Waals surface area contributed by atoms with E-state index < -0.39 is 5.97 Å². The molecule has 192 valence electrons. The molecule has 1 fully saturated rings. The number of aromatic carboxylic acids is 1. The van der Waals surface area contributed by atoms with Crippen LogP contribution in [-0.2, 0) is 17.8 Å². The van der Waals surface area contributed by atoms with Crippen molar-refractivity contribution in [3.05, 3.63) is 92.3 Å². The fraction of sp³-hybridized carbons (Fsp3) is 0.214. The Kier molecular flexibility index (Phi) is 8.78. The van der Waals surface area contributed by atoms with Crippen LogP contribution < -0.4 is 20.1 Å². The number of thioether (sulfide) groups is 1. The quantitative estimate of drug-likeness (QED) is 0.242. The van der Waals surface area contributed by atoms with E-state index in [4.69, 9.17) is 14.6 Å². The number of rotatable bonds is 10. The number of carboxylic acids is 1. The second kappa shape index (κ2) is 12.2. The van der Waals surface area contributed by atoms with Gasteiger partial charge in [-0.25, -0.2) is 4.79 Å². The van der Waals surface area contributed by atoms with Crippen molar-refractivity contribution in [3.63, 3.8) is 0 Å². The van der Waals surface area contributed by atoms with Gasteiger partial charge in [0.25, 0.3) is 5.91 Å². The number of carbonyl (C=O) groups excluding carboxylic acids is 1. The molecule has 3 aromatic carbocycles. The molecule has 0 unspecified atom stereocenters. The molecule has 0 bridgehead atoms. The largest absolute Gasteiger partial charge is 0.490 e. The van der Waals surface area contributed by atoms with Crippen LogP contribution in [-0.4, -0.2) is 29.1 Å². The first-order chi connectivity index (χ1) is 17.9. The number of hydrogen-bond acceptors (Lipinski definition) is 6. The Morgan fingerprint density at radius 3 is 2.38 bits per heavy atom. The predicted octanol–water partition coefficient (Wildman–Crippen LogP) is 6.29. The van der Waals surface area contributed by atoms with Gasteiger partial charge in [0, 0.05) is 10.2 Å². The third-order valence-corrected chi connectivity index (χ3v) is 7.35. The number of carbonyl (C=O) groups is 2. The molecule has 4 rings (SSSR count).